The number of aromatic nitrogens is 4. The van der Waals surface area contributed by atoms with Gasteiger partial charge in [0.25, 0.3) is 0 Å². The highest BCUT2D eigenvalue weighted by atomic mass is 35.5. The summed E-state index contributed by atoms with van der Waals surface area (Å²) in [5.74, 6) is 1.90. The summed E-state index contributed by atoms with van der Waals surface area (Å²) in [7, 11) is 2.05. The van der Waals surface area contributed by atoms with Crippen molar-refractivity contribution in [2.24, 2.45) is 7.05 Å². The Balaban J connectivity index is 1.50. The van der Waals surface area contributed by atoms with Gasteiger partial charge in [-0.05, 0) is 29.8 Å². The van der Waals surface area contributed by atoms with Crippen LogP contribution in [-0.4, -0.2) is 19.3 Å². The molecule has 5 nitrogen and oxygen atoms in total. The molecule has 0 amide bonds. The highest BCUT2D eigenvalue weighted by Crippen LogP contribution is 2.37. The van der Waals surface area contributed by atoms with Gasteiger partial charge in [0.05, 0.1) is 33.1 Å². The molecule has 174 valence electrons. The van der Waals surface area contributed by atoms with Crippen molar-refractivity contribution in [3.63, 3.8) is 0 Å². The van der Waals surface area contributed by atoms with Crippen LogP contribution >= 0.6 is 46.7 Å². The molecular formula is C26H19Cl2N5S2. The third-order valence-corrected chi connectivity index (χ3v) is 8.20. The van der Waals surface area contributed by atoms with E-state index in [1.165, 1.54) is 27.6 Å². The van der Waals surface area contributed by atoms with Gasteiger partial charge in [-0.25, -0.2) is 0 Å². The molecule has 0 spiro atoms. The van der Waals surface area contributed by atoms with Crippen molar-refractivity contribution < 1.29 is 0 Å². The molecule has 2 heterocycles. The summed E-state index contributed by atoms with van der Waals surface area (Å²) in [6, 6.07) is 23.6. The first-order valence-electron chi connectivity index (χ1n) is 10.7. The molecule has 0 bridgehead atoms. The molecule has 0 N–H and O–H groups in total. The van der Waals surface area contributed by atoms with Gasteiger partial charge < -0.3 is 4.57 Å². The molecule has 3 aromatic carbocycles. The summed E-state index contributed by atoms with van der Waals surface area (Å²) in [5, 5.41) is 21.4. The van der Waals surface area contributed by atoms with Gasteiger partial charge in [-0.1, -0.05) is 77.4 Å². The van der Waals surface area contributed by atoms with Crippen LogP contribution in [0.5, 0.6) is 0 Å². The lowest BCUT2D eigenvalue weighted by Gasteiger charge is -2.13. The lowest BCUT2D eigenvalue weighted by molar-refractivity contribution is 0.864. The number of nitrogens with zero attached hydrogens (tertiary/aromatic N) is 5. The lowest BCUT2D eigenvalue weighted by atomic mass is 10.1. The summed E-state index contributed by atoms with van der Waals surface area (Å²) in [5.41, 5.74) is 3.42. The molecule has 35 heavy (non-hydrogen) atoms. The highest BCUT2D eigenvalue weighted by Gasteiger charge is 2.20. The first kappa shape index (κ1) is 23.8. The lowest BCUT2D eigenvalue weighted by Crippen LogP contribution is -2.04. The second-order valence-corrected chi connectivity index (χ2v) is 10.5. The van der Waals surface area contributed by atoms with E-state index >= 15 is 0 Å². The average Bonchev–Trinajstić information content (AvgIpc) is 3.42. The Morgan fingerprint density at radius 2 is 1.63 bits per heavy atom. The van der Waals surface area contributed by atoms with Gasteiger partial charge in [-0.15, -0.1) is 22.0 Å². The summed E-state index contributed by atoms with van der Waals surface area (Å²) in [6.45, 7) is 0. The molecule has 0 saturated carbocycles. The predicted molar refractivity (Wildman–Crippen MR) is 145 cm³/mol. The molecule has 0 unspecified atom stereocenters. The molecule has 0 saturated heterocycles. The molecule has 5 aromatic rings. The van der Waals surface area contributed by atoms with Gasteiger partial charge in [-0.2, -0.15) is 5.26 Å². The summed E-state index contributed by atoms with van der Waals surface area (Å²) < 4.78 is 4.06. The molecule has 0 radical (unpaired) electrons. The number of nitriles is 1. The summed E-state index contributed by atoms with van der Waals surface area (Å²) >= 11 is 16.4. The SMILES string of the molecule is Cn1cc(SCc2nnc(SCc3ccccc3C#N)n2-c2c(Cl)cccc2Cl)c2ccccc21. The van der Waals surface area contributed by atoms with Gasteiger partial charge in [0.15, 0.2) is 5.16 Å². The van der Waals surface area contributed by atoms with E-state index in [0.29, 0.717) is 38.0 Å². The third-order valence-electron chi connectivity index (χ3n) is 5.57. The zero-order valence-electron chi connectivity index (χ0n) is 18.7. The van der Waals surface area contributed by atoms with Crippen molar-refractivity contribution in [2.45, 2.75) is 21.6 Å². The van der Waals surface area contributed by atoms with Crippen LogP contribution in [-0.2, 0) is 18.6 Å². The first-order valence-corrected chi connectivity index (χ1v) is 13.5. The highest BCUT2D eigenvalue weighted by molar-refractivity contribution is 7.99. The third kappa shape index (κ3) is 4.80. The Labute approximate surface area is 221 Å². The van der Waals surface area contributed by atoms with E-state index in [4.69, 9.17) is 23.2 Å². The normalized spacial score (nSPS) is 11.1. The molecule has 0 aliphatic rings. The minimum Gasteiger partial charge on any atom is -0.349 e. The van der Waals surface area contributed by atoms with Crippen molar-refractivity contribution in [1.82, 2.24) is 19.3 Å². The predicted octanol–water partition coefficient (Wildman–Crippen LogP) is 7.52. The van der Waals surface area contributed by atoms with Gasteiger partial charge in [0.2, 0.25) is 0 Å². The second kappa shape index (κ2) is 10.4. The standard InChI is InChI=1S/C26H19Cl2N5S2/c1-32-14-23(19-9-4-5-12-22(19)32)34-16-24-30-31-26(33(24)25-20(27)10-6-11-21(25)28)35-15-18-8-3-2-7-17(18)13-29/h2-12,14H,15-16H2,1H3. The number of fused-ring (bicyclic) bond motifs is 1. The van der Waals surface area contributed by atoms with E-state index in [1.54, 1.807) is 11.8 Å². The van der Waals surface area contributed by atoms with E-state index < -0.39 is 0 Å². The van der Waals surface area contributed by atoms with Gasteiger partial charge in [0, 0.05) is 34.8 Å². The van der Waals surface area contributed by atoms with Crippen molar-refractivity contribution in [1.29, 1.82) is 5.26 Å². The van der Waals surface area contributed by atoms with E-state index in [1.807, 2.05) is 66.2 Å². The Bertz CT molecular complexity index is 1550. The van der Waals surface area contributed by atoms with Gasteiger partial charge >= 0.3 is 0 Å². The maximum atomic E-state index is 9.45. The molecule has 5 rings (SSSR count). The largest absolute Gasteiger partial charge is 0.349 e. The molecule has 0 atom stereocenters. The number of hydrogen-bond donors (Lipinski definition) is 0. The number of aryl methyl sites for hydroxylation is 1. The van der Waals surface area contributed by atoms with Crippen molar-refractivity contribution in [3.05, 3.63) is 99.9 Å². The molecular weight excluding hydrogens is 517 g/mol. The smallest absolute Gasteiger partial charge is 0.196 e. The van der Waals surface area contributed by atoms with E-state index in [-0.39, 0.29) is 0 Å². The van der Waals surface area contributed by atoms with Crippen LogP contribution in [0.15, 0.2) is 83.0 Å². The van der Waals surface area contributed by atoms with Crippen LogP contribution in [0.4, 0.5) is 0 Å². The van der Waals surface area contributed by atoms with Gasteiger partial charge in [0.1, 0.15) is 5.82 Å². The number of para-hydroxylation sites is 2. The summed E-state index contributed by atoms with van der Waals surface area (Å²) in [4.78, 5) is 1.17. The number of halogens is 2. The molecule has 0 fully saturated rings. The van der Waals surface area contributed by atoms with Crippen molar-refractivity contribution in [3.8, 4) is 11.8 Å². The molecule has 0 aliphatic heterocycles. The van der Waals surface area contributed by atoms with Crippen molar-refractivity contribution >= 4 is 57.6 Å². The van der Waals surface area contributed by atoms with E-state index in [0.717, 1.165) is 11.4 Å². The molecule has 2 aromatic heterocycles. The fourth-order valence-corrected chi connectivity index (χ4v) is 6.43. The van der Waals surface area contributed by atoms with E-state index in [9.17, 15) is 5.26 Å². The number of thioether (sulfide) groups is 2. The quantitative estimate of drug-likeness (QED) is 0.201. The Kier molecular flexibility index (Phi) is 7.07. The van der Waals surface area contributed by atoms with Crippen LogP contribution in [0.1, 0.15) is 17.0 Å². The first-order chi connectivity index (χ1) is 17.1. The molecule has 0 aliphatic carbocycles. The zero-order chi connectivity index (χ0) is 24.4. The maximum Gasteiger partial charge on any atom is 0.196 e. The van der Waals surface area contributed by atoms with Crippen LogP contribution in [0, 0.1) is 11.3 Å². The number of benzene rings is 3. The fraction of sp³-hybridized carbons (Fsp3) is 0.115. The summed E-state index contributed by atoms with van der Waals surface area (Å²) in [6.07, 6.45) is 2.13. The van der Waals surface area contributed by atoms with Crippen LogP contribution < -0.4 is 0 Å². The fourth-order valence-electron chi connectivity index (χ4n) is 3.87. The Hall–Kier alpha value is -2.89. The topological polar surface area (TPSA) is 59.4 Å². The van der Waals surface area contributed by atoms with Crippen LogP contribution in [0.3, 0.4) is 0 Å². The number of hydrogen-bond acceptors (Lipinski definition) is 5. The van der Waals surface area contributed by atoms with Crippen LogP contribution in [0.25, 0.3) is 16.6 Å². The Morgan fingerprint density at radius 1 is 0.886 bits per heavy atom. The minimum absolute atomic E-state index is 0.521. The van der Waals surface area contributed by atoms with Gasteiger partial charge in [-0.3, -0.25) is 4.57 Å². The monoisotopic (exact) mass is 535 g/mol. The van der Waals surface area contributed by atoms with Crippen molar-refractivity contribution in [2.75, 3.05) is 0 Å². The van der Waals surface area contributed by atoms with Crippen LogP contribution in [0.2, 0.25) is 10.0 Å². The minimum atomic E-state index is 0.521. The Morgan fingerprint density at radius 3 is 2.43 bits per heavy atom. The molecule has 9 heteroatoms. The van der Waals surface area contributed by atoms with E-state index in [2.05, 4.69) is 39.2 Å². The zero-order valence-corrected chi connectivity index (χ0v) is 21.8. The number of rotatable bonds is 7. The average molecular weight is 537 g/mol. The maximum absolute atomic E-state index is 9.45. The second-order valence-electron chi connectivity index (χ2n) is 7.77.